The third-order valence-electron chi connectivity index (χ3n) is 2.80. The van der Waals surface area contributed by atoms with Gasteiger partial charge in [-0.05, 0) is 37.8 Å². The highest BCUT2D eigenvalue weighted by Gasteiger charge is 1.91. The Bertz CT molecular complexity index is 332. The van der Waals surface area contributed by atoms with Gasteiger partial charge in [0.1, 0.15) is 0 Å². The van der Waals surface area contributed by atoms with Gasteiger partial charge in [0, 0.05) is 18.7 Å². The molecule has 0 bridgehead atoms. The van der Waals surface area contributed by atoms with Crippen LogP contribution in [0.4, 0.5) is 0 Å². The monoisotopic (exact) mass is 334 g/mol. The van der Waals surface area contributed by atoms with E-state index in [1.807, 2.05) is 0 Å². The van der Waals surface area contributed by atoms with Crippen molar-refractivity contribution in [3.05, 3.63) is 37.2 Å². The molecule has 2 nitrogen and oxygen atoms in total. The van der Waals surface area contributed by atoms with Gasteiger partial charge >= 0.3 is 0 Å². The average molecular weight is 335 g/mol. The Kier molecular flexibility index (Phi) is 26.8. The lowest BCUT2D eigenvalue weighted by Gasteiger charge is -2.07. The van der Waals surface area contributed by atoms with Gasteiger partial charge in [0.05, 0.1) is 6.54 Å². The minimum atomic E-state index is 0.722. The summed E-state index contributed by atoms with van der Waals surface area (Å²) in [6.45, 7) is 22.0. The van der Waals surface area contributed by atoms with Crippen molar-refractivity contribution < 1.29 is 0 Å². The van der Waals surface area contributed by atoms with Gasteiger partial charge in [-0.25, -0.2) is 0 Å². The summed E-state index contributed by atoms with van der Waals surface area (Å²) in [5.41, 5.74) is 0.965. The normalized spacial score (nSPS) is 10.6. The lowest BCUT2D eigenvalue weighted by molar-refractivity contribution is 0.572. The fourth-order valence-electron chi connectivity index (χ4n) is 1.25. The largest absolute Gasteiger partial charge is 0.387 e. The molecule has 0 aromatic rings. The minimum absolute atomic E-state index is 0.722. The lowest BCUT2D eigenvalue weighted by Crippen LogP contribution is -2.22. The summed E-state index contributed by atoms with van der Waals surface area (Å²) in [5.74, 6) is 4.28. The predicted molar refractivity (Wildman–Crippen MR) is 113 cm³/mol. The van der Waals surface area contributed by atoms with E-state index in [1.54, 1.807) is 6.20 Å². The summed E-state index contributed by atoms with van der Waals surface area (Å²) in [6, 6.07) is 0. The Morgan fingerprint density at radius 3 is 2.25 bits per heavy atom. The van der Waals surface area contributed by atoms with Gasteiger partial charge in [-0.3, -0.25) is 0 Å². The van der Waals surface area contributed by atoms with Crippen molar-refractivity contribution in [3.8, 4) is 12.3 Å². The summed E-state index contributed by atoms with van der Waals surface area (Å²) in [5, 5.41) is 6.10. The van der Waals surface area contributed by atoms with Crippen molar-refractivity contribution in [2.45, 2.75) is 67.2 Å². The summed E-state index contributed by atoms with van der Waals surface area (Å²) in [7, 11) is 0. The second-order valence-corrected chi connectivity index (χ2v) is 6.47. The van der Waals surface area contributed by atoms with Crippen LogP contribution in [0.5, 0.6) is 0 Å². The predicted octanol–water partition coefficient (Wildman–Crippen LogP) is 5.90. The first-order valence-electron chi connectivity index (χ1n) is 9.16. The quantitative estimate of drug-likeness (QED) is 0.295. The Morgan fingerprint density at radius 2 is 1.83 bits per heavy atom. The number of hydrogen-bond acceptors (Lipinski definition) is 2. The number of hydrogen-bond donors (Lipinski definition) is 2. The molecule has 1 unspecified atom stereocenters. The van der Waals surface area contributed by atoms with E-state index in [9.17, 15) is 0 Å². The van der Waals surface area contributed by atoms with Gasteiger partial charge in [0.2, 0.25) is 0 Å². The Labute approximate surface area is 152 Å². The van der Waals surface area contributed by atoms with E-state index in [0.717, 1.165) is 43.5 Å². The molecule has 0 amide bonds. The van der Waals surface area contributed by atoms with Crippen LogP contribution < -0.4 is 10.6 Å². The molecule has 0 saturated heterocycles. The first-order chi connectivity index (χ1) is 11.3. The Morgan fingerprint density at radius 1 is 1.25 bits per heavy atom. The van der Waals surface area contributed by atoms with Crippen LogP contribution in [-0.2, 0) is 0 Å². The zero-order valence-electron chi connectivity index (χ0n) is 17.1. The number of nitrogens with one attached hydrogen (secondary N) is 2. The molecule has 2 heteroatoms. The number of terminal acetylenes is 1. The van der Waals surface area contributed by atoms with Crippen molar-refractivity contribution >= 4 is 0 Å². The van der Waals surface area contributed by atoms with Crippen LogP contribution in [0.3, 0.4) is 0 Å². The Balaban J connectivity index is -0.000000316. The molecule has 0 aliphatic rings. The molecule has 0 fully saturated rings. The minimum Gasteiger partial charge on any atom is -0.387 e. The number of rotatable bonds is 10. The highest BCUT2D eigenvalue weighted by atomic mass is 14.9. The van der Waals surface area contributed by atoms with Crippen LogP contribution in [0.15, 0.2) is 37.2 Å². The molecule has 0 radical (unpaired) electrons. The molecule has 24 heavy (non-hydrogen) atoms. The first-order valence-corrected chi connectivity index (χ1v) is 9.16. The van der Waals surface area contributed by atoms with Gasteiger partial charge in [-0.2, -0.15) is 0 Å². The molecule has 140 valence electrons. The van der Waals surface area contributed by atoms with Crippen LogP contribution in [0.2, 0.25) is 0 Å². The fraction of sp³-hybridized carbons (Fsp3) is 0.636. The van der Waals surface area contributed by atoms with Crippen LogP contribution in [0.1, 0.15) is 67.2 Å². The maximum absolute atomic E-state index is 5.10. The van der Waals surface area contributed by atoms with E-state index in [2.05, 4.69) is 83.4 Å². The fourth-order valence-corrected chi connectivity index (χ4v) is 1.25. The van der Waals surface area contributed by atoms with E-state index in [0.29, 0.717) is 0 Å². The molecule has 0 aromatic heterocycles. The molecule has 0 heterocycles. The maximum Gasteiger partial charge on any atom is 0.0536 e. The molecule has 0 aliphatic heterocycles. The van der Waals surface area contributed by atoms with Crippen molar-refractivity contribution in [1.29, 1.82) is 0 Å². The van der Waals surface area contributed by atoms with Crippen molar-refractivity contribution in [1.82, 2.24) is 10.6 Å². The summed E-state index contributed by atoms with van der Waals surface area (Å²) in [4.78, 5) is 0. The SMILES string of the molecule is C#CCCCNC(=C)CNC=C.C/C=C/CC(C)CC.CC(C)C. The van der Waals surface area contributed by atoms with E-state index in [-0.39, 0.29) is 0 Å². The highest BCUT2D eigenvalue weighted by Crippen LogP contribution is 2.05. The van der Waals surface area contributed by atoms with Crippen LogP contribution in [0, 0.1) is 24.2 Å². The standard InChI is InChI=1S/C10H16N2.C8H16.C4H10/c1-4-6-7-8-12-10(3)9-11-5-2;1-4-6-7-8(3)5-2;1-4(2)3/h1,5,11-12H,2-3,6-9H2;4,6,8H,5,7H2,1-3H3;4H,1-3H3/b;6-4+;. The smallest absolute Gasteiger partial charge is 0.0536 e. The van der Waals surface area contributed by atoms with E-state index < -0.39 is 0 Å². The van der Waals surface area contributed by atoms with E-state index >= 15 is 0 Å². The molecule has 1 atom stereocenters. The summed E-state index contributed by atoms with van der Waals surface area (Å²) >= 11 is 0. The Hall–Kier alpha value is -1.62. The molecule has 0 saturated carbocycles. The van der Waals surface area contributed by atoms with Crippen molar-refractivity contribution in [2.24, 2.45) is 11.8 Å². The molecular formula is C22H42N2. The molecular weight excluding hydrogens is 292 g/mol. The number of allylic oxidation sites excluding steroid dienone is 2. The van der Waals surface area contributed by atoms with Crippen LogP contribution >= 0.6 is 0 Å². The average Bonchev–Trinajstić information content (AvgIpc) is 2.54. The molecule has 0 spiro atoms. The lowest BCUT2D eigenvalue weighted by atomic mass is 10.1. The first kappa shape index (κ1) is 27.2. The number of unbranched alkanes of at least 4 members (excludes halogenated alkanes) is 1. The van der Waals surface area contributed by atoms with Gasteiger partial charge in [-0.1, -0.05) is 66.3 Å². The van der Waals surface area contributed by atoms with Crippen molar-refractivity contribution in [2.75, 3.05) is 13.1 Å². The second-order valence-electron chi connectivity index (χ2n) is 6.47. The van der Waals surface area contributed by atoms with Crippen molar-refractivity contribution in [3.63, 3.8) is 0 Å². The highest BCUT2D eigenvalue weighted by molar-refractivity contribution is 4.95. The van der Waals surface area contributed by atoms with E-state index in [4.69, 9.17) is 6.42 Å². The summed E-state index contributed by atoms with van der Waals surface area (Å²) < 4.78 is 0. The molecule has 0 rings (SSSR count). The third kappa shape index (κ3) is 37.0. The second kappa shape index (κ2) is 23.6. The van der Waals surface area contributed by atoms with E-state index in [1.165, 1.54) is 12.8 Å². The summed E-state index contributed by atoms with van der Waals surface area (Å²) in [6.07, 6.45) is 15.4. The zero-order valence-corrected chi connectivity index (χ0v) is 17.1. The van der Waals surface area contributed by atoms with Gasteiger partial charge in [-0.15, -0.1) is 12.3 Å². The zero-order chi connectivity index (χ0) is 19.2. The third-order valence-corrected chi connectivity index (χ3v) is 2.80. The molecule has 0 aliphatic carbocycles. The maximum atomic E-state index is 5.10. The van der Waals surface area contributed by atoms with Gasteiger partial charge < -0.3 is 10.6 Å². The van der Waals surface area contributed by atoms with Gasteiger partial charge in [0.15, 0.2) is 0 Å². The van der Waals surface area contributed by atoms with Gasteiger partial charge in [0.25, 0.3) is 0 Å². The van der Waals surface area contributed by atoms with Crippen LogP contribution in [-0.4, -0.2) is 13.1 Å². The molecule has 2 N–H and O–H groups in total. The molecule has 0 aromatic carbocycles. The van der Waals surface area contributed by atoms with Crippen LogP contribution in [0.25, 0.3) is 0 Å². The topological polar surface area (TPSA) is 24.1 Å².